The van der Waals surface area contributed by atoms with Gasteiger partial charge in [0.2, 0.25) is 5.82 Å². The van der Waals surface area contributed by atoms with E-state index in [1.165, 1.54) is 6.42 Å². The second-order valence-electron chi connectivity index (χ2n) is 6.10. The highest BCUT2D eigenvalue weighted by molar-refractivity contribution is 5.35. The van der Waals surface area contributed by atoms with Gasteiger partial charge in [0.1, 0.15) is 0 Å². The summed E-state index contributed by atoms with van der Waals surface area (Å²) in [6.45, 7) is 4.63. The Balaban J connectivity index is 2.09. The minimum absolute atomic E-state index is 0.0210. The highest BCUT2D eigenvalue weighted by atomic mass is 19.2. The molecule has 22 heavy (non-hydrogen) atoms. The first-order valence-corrected chi connectivity index (χ1v) is 8.46. The number of hydrogen-bond acceptors (Lipinski definition) is 1. The molecular weight excluding hydrogens is 282 g/mol. The third-order valence-electron chi connectivity index (χ3n) is 4.36. The molecule has 0 saturated heterocycles. The molecule has 0 amide bonds. The van der Waals surface area contributed by atoms with E-state index in [-0.39, 0.29) is 11.7 Å². The van der Waals surface area contributed by atoms with Crippen molar-refractivity contribution in [1.29, 1.82) is 0 Å². The van der Waals surface area contributed by atoms with Gasteiger partial charge in [-0.3, -0.25) is 0 Å². The Morgan fingerprint density at radius 1 is 1.05 bits per heavy atom. The first-order chi connectivity index (χ1) is 10.7. The van der Waals surface area contributed by atoms with Crippen LogP contribution in [0.15, 0.2) is 24.3 Å². The van der Waals surface area contributed by atoms with Gasteiger partial charge in [-0.15, -0.1) is 0 Å². The van der Waals surface area contributed by atoms with Crippen LogP contribution in [0, 0.1) is 17.6 Å². The van der Waals surface area contributed by atoms with Gasteiger partial charge in [-0.1, -0.05) is 44.9 Å². The fourth-order valence-corrected chi connectivity index (χ4v) is 3.02. The van der Waals surface area contributed by atoms with Gasteiger partial charge in [-0.05, 0) is 43.2 Å². The monoisotopic (exact) mass is 308 g/mol. The van der Waals surface area contributed by atoms with Crippen LogP contribution in [0.25, 0.3) is 0 Å². The van der Waals surface area contributed by atoms with Gasteiger partial charge in [0.25, 0.3) is 0 Å². The smallest absolute Gasteiger partial charge is 0.200 e. The Morgan fingerprint density at radius 3 is 2.50 bits per heavy atom. The molecule has 1 nitrogen and oxygen atoms in total. The molecule has 1 aliphatic rings. The van der Waals surface area contributed by atoms with E-state index in [0.717, 1.165) is 32.1 Å². The molecule has 0 spiro atoms. The molecule has 1 aromatic carbocycles. The summed E-state index contributed by atoms with van der Waals surface area (Å²) in [7, 11) is 0. The van der Waals surface area contributed by atoms with E-state index >= 15 is 0 Å². The summed E-state index contributed by atoms with van der Waals surface area (Å²) in [6.07, 6.45) is 10.3. The molecule has 3 heteroatoms. The molecule has 1 aliphatic carbocycles. The fraction of sp³-hybridized carbons (Fsp3) is 0.579. The third kappa shape index (κ3) is 4.08. The topological polar surface area (TPSA) is 9.23 Å². The van der Waals surface area contributed by atoms with Crippen LogP contribution in [0.4, 0.5) is 8.78 Å². The lowest BCUT2D eigenvalue weighted by Crippen LogP contribution is -2.10. The van der Waals surface area contributed by atoms with Crippen molar-refractivity contribution in [3.8, 4) is 5.75 Å². The number of hydrogen-bond donors (Lipinski definition) is 0. The molecule has 122 valence electrons. The standard InChI is InChI=1S/C19H26F2O/c1-3-5-13-22-17-12-11-16(18(20)19(17)21)15-9-7-14(6-4-2)8-10-15/h7,9,11-12,14-15H,3-6,8,10,13H2,1-2H3. The van der Waals surface area contributed by atoms with Crippen LogP contribution in [0.2, 0.25) is 0 Å². The summed E-state index contributed by atoms with van der Waals surface area (Å²) in [4.78, 5) is 0. The maximum absolute atomic E-state index is 14.3. The Bertz CT molecular complexity index is 510. The van der Waals surface area contributed by atoms with Crippen LogP contribution in [0.3, 0.4) is 0 Å². The van der Waals surface area contributed by atoms with Crippen molar-refractivity contribution in [3.05, 3.63) is 41.5 Å². The van der Waals surface area contributed by atoms with Crippen molar-refractivity contribution in [2.75, 3.05) is 6.61 Å². The SMILES string of the molecule is CCCCOc1ccc(C2C=CC(CCC)CC2)c(F)c1F. The summed E-state index contributed by atoms with van der Waals surface area (Å²) >= 11 is 0. The molecule has 0 heterocycles. The lowest BCUT2D eigenvalue weighted by Gasteiger charge is -2.23. The van der Waals surface area contributed by atoms with Gasteiger partial charge in [0.15, 0.2) is 11.6 Å². The Hall–Kier alpha value is -1.38. The molecular formula is C19H26F2O. The Morgan fingerprint density at radius 2 is 1.86 bits per heavy atom. The van der Waals surface area contributed by atoms with Crippen LogP contribution in [0.5, 0.6) is 5.75 Å². The minimum atomic E-state index is -0.849. The molecule has 0 bridgehead atoms. The highest BCUT2D eigenvalue weighted by Crippen LogP contribution is 2.35. The second-order valence-corrected chi connectivity index (χ2v) is 6.10. The minimum Gasteiger partial charge on any atom is -0.490 e. The molecule has 0 radical (unpaired) electrons. The number of ether oxygens (including phenoxy) is 1. The quantitative estimate of drug-likeness (QED) is 0.444. The highest BCUT2D eigenvalue weighted by Gasteiger charge is 2.23. The van der Waals surface area contributed by atoms with Crippen LogP contribution in [0.1, 0.15) is 63.9 Å². The lowest BCUT2D eigenvalue weighted by molar-refractivity contribution is 0.287. The Labute approximate surface area is 132 Å². The fourth-order valence-electron chi connectivity index (χ4n) is 3.02. The van der Waals surface area contributed by atoms with Gasteiger partial charge in [-0.25, -0.2) is 4.39 Å². The van der Waals surface area contributed by atoms with E-state index in [1.54, 1.807) is 12.1 Å². The van der Waals surface area contributed by atoms with Crippen LogP contribution >= 0.6 is 0 Å². The van der Waals surface area contributed by atoms with Gasteiger partial charge in [0, 0.05) is 5.92 Å². The average Bonchev–Trinajstić information content (AvgIpc) is 2.53. The predicted octanol–water partition coefficient (Wildman–Crippen LogP) is 5.99. The lowest BCUT2D eigenvalue weighted by atomic mass is 9.82. The molecule has 0 aliphatic heterocycles. The van der Waals surface area contributed by atoms with Gasteiger partial charge in [-0.2, -0.15) is 4.39 Å². The van der Waals surface area contributed by atoms with E-state index in [0.29, 0.717) is 18.1 Å². The van der Waals surface area contributed by atoms with Crippen molar-refractivity contribution < 1.29 is 13.5 Å². The number of halogens is 2. The van der Waals surface area contributed by atoms with Crippen molar-refractivity contribution in [3.63, 3.8) is 0 Å². The first kappa shape index (κ1) is 17.0. The summed E-state index contributed by atoms with van der Waals surface area (Å²) < 4.78 is 33.7. The largest absolute Gasteiger partial charge is 0.490 e. The maximum Gasteiger partial charge on any atom is 0.200 e. The van der Waals surface area contributed by atoms with Gasteiger partial charge < -0.3 is 4.74 Å². The molecule has 0 N–H and O–H groups in total. The van der Waals surface area contributed by atoms with Crippen molar-refractivity contribution in [1.82, 2.24) is 0 Å². The molecule has 0 saturated carbocycles. The zero-order valence-corrected chi connectivity index (χ0v) is 13.6. The summed E-state index contributed by atoms with van der Waals surface area (Å²) in [5.41, 5.74) is 0.450. The first-order valence-electron chi connectivity index (χ1n) is 8.46. The zero-order chi connectivity index (χ0) is 15.9. The van der Waals surface area contributed by atoms with Crippen molar-refractivity contribution in [2.24, 2.45) is 5.92 Å². The molecule has 2 unspecified atom stereocenters. The molecule has 2 rings (SSSR count). The molecule has 0 fully saturated rings. The van der Waals surface area contributed by atoms with E-state index in [2.05, 4.69) is 13.0 Å². The summed E-state index contributed by atoms with van der Waals surface area (Å²) in [6, 6.07) is 3.24. The van der Waals surface area contributed by atoms with Gasteiger partial charge in [0.05, 0.1) is 6.61 Å². The molecule has 0 aromatic heterocycles. The molecule has 2 atom stereocenters. The summed E-state index contributed by atoms with van der Waals surface area (Å²) in [5, 5.41) is 0. The number of benzene rings is 1. The van der Waals surface area contributed by atoms with Crippen LogP contribution in [-0.4, -0.2) is 6.61 Å². The van der Waals surface area contributed by atoms with Crippen LogP contribution in [-0.2, 0) is 0 Å². The van der Waals surface area contributed by atoms with E-state index in [1.807, 2.05) is 13.0 Å². The van der Waals surface area contributed by atoms with E-state index < -0.39 is 11.6 Å². The predicted molar refractivity (Wildman–Crippen MR) is 86.3 cm³/mol. The molecule has 1 aromatic rings. The Kier molecular flexibility index (Phi) is 6.41. The second kappa shape index (κ2) is 8.30. The number of unbranched alkanes of at least 4 members (excludes halogenated alkanes) is 1. The third-order valence-corrected chi connectivity index (χ3v) is 4.36. The number of allylic oxidation sites excluding steroid dienone is 2. The van der Waals surface area contributed by atoms with E-state index in [4.69, 9.17) is 4.74 Å². The van der Waals surface area contributed by atoms with Crippen molar-refractivity contribution >= 4 is 0 Å². The van der Waals surface area contributed by atoms with Crippen LogP contribution < -0.4 is 4.74 Å². The zero-order valence-electron chi connectivity index (χ0n) is 13.6. The average molecular weight is 308 g/mol. The maximum atomic E-state index is 14.3. The number of rotatable bonds is 7. The summed E-state index contributed by atoms with van der Waals surface area (Å²) in [5.74, 6) is -1.01. The van der Waals surface area contributed by atoms with Crippen molar-refractivity contribution in [2.45, 2.75) is 58.3 Å². The normalized spacial score (nSPS) is 21.1. The van der Waals surface area contributed by atoms with Gasteiger partial charge >= 0.3 is 0 Å². The van der Waals surface area contributed by atoms with E-state index in [9.17, 15) is 8.78 Å².